The summed E-state index contributed by atoms with van der Waals surface area (Å²) in [5, 5.41) is 15.5. The Morgan fingerprint density at radius 2 is 2.00 bits per heavy atom. The summed E-state index contributed by atoms with van der Waals surface area (Å²) in [5.74, 6) is 3.05. The molecule has 3 rings (SSSR count). The first-order valence-electron chi connectivity index (χ1n) is 9.18. The lowest BCUT2D eigenvalue weighted by Crippen LogP contribution is -2.38. The molecule has 26 heavy (non-hydrogen) atoms. The molecule has 1 aliphatic heterocycles. The molecule has 0 unspecified atom stereocenters. The summed E-state index contributed by atoms with van der Waals surface area (Å²) < 4.78 is 2.30. The van der Waals surface area contributed by atoms with Gasteiger partial charge in [-0.2, -0.15) is 0 Å². The molecule has 142 valence electrons. The summed E-state index contributed by atoms with van der Waals surface area (Å²) in [6.45, 7) is 4.75. The zero-order valence-corrected chi connectivity index (χ0v) is 18.0. The van der Waals surface area contributed by atoms with Crippen molar-refractivity contribution in [2.45, 2.75) is 52.1 Å². The topological polar surface area (TPSA) is 67.1 Å². The number of guanidine groups is 1. The van der Waals surface area contributed by atoms with E-state index in [0.717, 1.165) is 50.1 Å². The fraction of sp³-hybridized carbons (Fsp3) is 0.526. The van der Waals surface area contributed by atoms with E-state index < -0.39 is 0 Å². The lowest BCUT2D eigenvalue weighted by atomic mass is 10.1. The van der Waals surface area contributed by atoms with Crippen molar-refractivity contribution in [3.8, 4) is 0 Å². The second kappa shape index (κ2) is 10.5. The SMILES string of the molecule is CN=C(NCCc1nnc2n1CCCCC2)NCc1ccccc1C.I. The van der Waals surface area contributed by atoms with Gasteiger partial charge >= 0.3 is 0 Å². The number of benzene rings is 1. The summed E-state index contributed by atoms with van der Waals surface area (Å²) in [6, 6.07) is 8.40. The monoisotopic (exact) mass is 468 g/mol. The largest absolute Gasteiger partial charge is 0.356 e. The van der Waals surface area contributed by atoms with E-state index in [1.54, 1.807) is 7.05 Å². The van der Waals surface area contributed by atoms with Gasteiger partial charge in [-0.05, 0) is 30.9 Å². The van der Waals surface area contributed by atoms with Gasteiger partial charge in [0.25, 0.3) is 0 Å². The molecular formula is C19H29IN6. The molecule has 0 radical (unpaired) electrons. The van der Waals surface area contributed by atoms with Crippen molar-refractivity contribution in [1.29, 1.82) is 0 Å². The van der Waals surface area contributed by atoms with E-state index in [2.05, 4.69) is 61.6 Å². The van der Waals surface area contributed by atoms with Crippen molar-refractivity contribution in [1.82, 2.24) is 25.4 Å². The van der Waals surface area contributed by atoms with Gasteiger partial charge in [-0.1, -0.05) is 30.7 Å². The number of aromatic nitrogens is 3. The van der Waals surface area contributed by atoms with Crippen LogP contribution in [0.1, 0.15) is 42.0 Å². The highest BCUT2D eigenvalue weighted by atomic mass is 127. The van der Waals surface area contributed by atoms with Gasteiger partial charge < -0.3 is 15.2 Å². The molecule has 0 saturated carbocycles. The second-order valence-electron chi connectivity index (χ2n) is 6.52. The summed E-state index contributed by atoms with van der Waals surface area (Å²) in [5.41, 5.74) is 2.57. The smallest absolute Gasteiger partial charge is 0.191 e. The van der Waals surface area contributed by atoms with Crippen LogP contribution in [-0.4, -0.2) is 34.3 Å². The quantitative estimate of drug-likeness (QED) is 0.403. The molecule has 2 N–H and O–H groups in total. The highest BCUT2D eigenvalue weighted by molar-refractivity contribution is 14.0. The molecule has 6 nitrogen and oxygen atoms in total. The molecule has 7 heteroatoms. The Morgan fingerprint density at radius 1 is 1.15 bits per heavy atom. The predicted molar refractivity (Wildman–Crippen MR) is 116 cm³/mol. The van der Waals surface area contributed by atoms with Gasteiger partial charge in [0.05, 0.1) is 0 Å². The van der Waals surface area contributed by atoms with Crippen LogP contribution in [0.25, 0.3) is 0 Å². The zero-order chi connectivity index (χ0) is 17.5. The van der Waals surface area contributed by atoms with Crippen LogP contribution in [-0.2, 0) is 25.9 Å². The van der Waals surface area contributed by atoms with Crippen molar-refractivity contribution in [3.05, 3.63) is 47.0 Å². The molecule has 0 spiro atoms. The van der Waals surface area contributed by atoms with Gasteiger partial charge in [0.1, 0.15) is 11.6 Å². The molecular weight excluding hydrogens is 439 g/mol. The fourth-order valence-corrected chi connectivity index (χ4v) is 3.23. The third kappa shape index (κ3) is 5.43. The van der Waals surface area contributed by atoms with E-state index in [0.29, 0.717) is 0 Å². The maximum absolute atomic E-state index is 4.38. The molecule has 0 atom stereocenters. The Balaban J connectivity index is 0.00000243. The molecule has 1 aromatic heterocycles. The van der Waals surface area contributed by atoms with Crippen molar-refractivity contribution in [2.24, 2.45) is 4.99 Å². The number of nitrogens with zero attached hydrogens (tertiary/aromatic N) is 4. The summed E-state index contributed by atoms with van der Waals surface area (Å²) in [6.07, 6.45) is 5.66. The maximum atomic E-state index is 4.38. The van der Waals surface area contributed by atoms with Crippen LogP contribution in [0, 0.1) is 6.92 Å². The van der Waals surface area contributed by atoms with E-state index in [9.17, 15) is 0 Å². The molecule has 0 saturated heterocycles. The number of aliphatic imine (C=N–C) groups is 1. The summed E-state index contributed by atoms with van der Waals surface area (Å²) in [7, 11) is 1.80. The van der Waals surface area contributed by atoms with Crippen LogP contribution in [0.5, 0.6) is 0 Å². The Kier molecular flexibility index (Phi) is 8.34. The molecule has 1 aliphatic rings. The lowest BCUT2D eigenvalue weighted by molar-refractivity contribution is 0.600. The molecule has 0 bridgehead atoms. The zero-order valence-electron chi connectivity index (χ0n) is 15.7. The highest BCUT2D eigenvalue weighted by Gasteiger charge is 2.14. The number of halogens is 1. The number of aryl methyl sites for hydroxylation is 2. The first-order chi connectivity index (χ1) is 12.3. The van der Waals surface area contributed by atoms with Gasteiger partial charge in [-0.25, -0.2) is 0 Å². The van der Waals surface area contributed by atoms with Crippen molar-refractivity contribution in [3.63, 3.8) is 0 Å². The fourth-order valence-electron chi connectivity index (χ4n) is 3.23. The average Bonchev–Trinajstić information content (AvgIpc) is 2.86. The normalized spacial score (nSPS) is 14.2. The van der Waals surface area contributed by atoms with Crippen LogP contribution in [0.15, 0.2) is 29.3 Å². The van der Waals surface area contributed by atoms with Crippen LogP contribution in [0.2, 0.25) is 0 Å². The molecule has 0 aliphatic carbocycles. The van der Waals surface area contributed by atoms with E-state index in [-0.39, 0.29) is 24.0 Å². The molecule has 0 fully saturated rings. The highest BCUT2D eigenvalue weighted by Crippen LogP contribution is 2.14. The minimum atomic E-state index is 0. The minimum absolute atomic E-state index is 0. The molecule has 2 heterocycles. The Morgan fingerprint density at radius 3 is 2.81 bits per heavy atom. The van der Waals surface area contributed by atoms with Gasteiger partial charge in [0.2, 0.25) is 0 Å². The number of fused-ring (bicyclic) bond motifs is 1. The van der Waals surface area contributed by atoms with Gasteiger partial charge in [0.15, 0.2) is 5.96 Å². The van der Waals surface area contributed by atoms with Gasteiger partial charge in [-0.3, -0.25) is 4.99 Å². The number of rotatable bonds is 5. The van der Waals surface area contributed by atoms with Gasteiger partial charge in [-0.15, -0.1) is 34.2 Å². The Bertz CT molecular complexity index is 725. The third-order valence-corrected chi connectivity index (χ3v) is 4.76. The van der Waals surface area contributed by atoms with Crippen LogP contribution in [0.4, 0.5) is 0 Å². The van der Waals surface area contributed by atoms with E-state index in [1.807, 2.05) is 0 Å². The average molecular weight is 468 g/mol. The number of hydrogen-bond donors (Lipinski definition) is 2. The maximum Gasteiger partial charge on any atom is 0.191 e. The van der Waals surface area contributed by atoms with Crippen molar-refractivity contribution >= 4 is 29.9 Å². The third-order valence-electron chi connectivity index (χ3n) is 4.76. The first kappa shape index (κ1) is 20.7. The molecule has 1 aromatic carbocycles. The van der Waals surface area contributed by atoms with Gasteiger partial charge in [0, 0.05) is 39.5 Å². The lowest BCUT2D eigenvalue weighted by Gasteiger charge is -2.13. The van der Waals surface area contributed by atoms with E-state index in [1.165, 1.54) is 30.4 Å². The van der Waals surface area contributed by atoms with Crippen molar-refractivity contribution in [2.75, 3.05) is 13.6 Å². The minimum Gasteiger partial charge on any atom is -0.356 e. The number of nitrogens with one attached hydrogen (secondary N) is 2. The summed E-state index contributed by atoms with van der Waals surface area (Å²) >= 11 is 0. The predicted octanol–water partition coefficient (Wildman–Crippen LogP) is 2.84. The van der Waals surface area contributed by atoms with Crippen molar-refractivity contribution < 1.29 is 0 Å². The Hall–Kier alpha value is -1.64. The first-order valence-corrected chi connectivity index (χ1v) is 9.18. The van der Waals surface area contributed by atoms with E-state index >= 15 is 0 Å². The molecule has 0 amide bonds. The standard InChI is InChI=1S/C19H28N6.HI/c1-15-8-5-6-9-16(15)14-22-19(20-2)21-12-11-18-24-23-17-10-4-3-7-13-25(17)18;/h5-6,8-9H,3-4,7,10-14H2,1-2H3,(H2,20,21,22);1H. The second-order valence-corrected chi connectivity index (χ2v) is 6.52. The van der Waals surface area contributed by atoms with Crippen LogP contribution in [0.3, 0.4) is 0 Å². The van der Waals surface area contributed by atoms with Crippen LogP contribution >= 0.6 is 24.0 Å². The van der Waals surface area contributed by atoms with E-state index in [4.69, 9.17) is 0 Å². The number of hydrogen-bond acceptors (Lipinski definition) is 3. The molecule has 2 aromatic rings. The summed E-state index contributed by atoms with van der Waals surface area (Å²) in [4.78, 5) is 4.31. The Labute approximate surface area is 172 Å². The van der Waals surface area contributed by atoms with Crippen LogP contribution < -0.4 is 10.6 Å².